The molecular formula is C22H22N6O2S. The summed E-state index contributed by atoms with van der Waals surface area (Å²) in [7, 11) is -3.60. The summed E-state index contributed by atoms with van der Waals surface area (Å²) in [5.74, 6) is 1.22. The number of rotatable bonds is 9. The summed E-state index contributed by atoms with van der Waals surface area (Å²) in [5.41, 5.74) is 2.62. The van der Waals surface area contributed by atoms with Crippen LogP contribution in [0.25, 0.3) is 11.4 Å². The van der Waals surface area contributed by atoms with Crippen LogP contribution in [0.2, 0.25) is 0 Å². The van der Waals surface area contributed by atoms with Crippen molar-refractivity contribution in [1.82, 2.24) is 24.9 Å². The number of aromatic amines is 1. The molecule has 2 aromatic heterocycles. The van der Waals surface area contributed by atoms with E-state index in [2.05, 4.69) is 30.2 Å². The molecule has 0 saturated heterocycles. The van der Waals surface area contributed by atoms with Crippen LogP contribution in [0.1, 0.15) is 11.4 Å². The van der Waals surface area contributed by atoms with E-state index in [1.54, 1.807) is 30.6 Å². The summed E-state index contributed by atoms with van der Waals surface area (Å²) < 4.78 is 27.9. The molecule has 8 nitrogen and oxygen atoms in total. The molecular weight excluding hydrogens is 412 g/mol. The Morgan fingerprint density at radius 2 is 1.74 bits per heavy atom. The molecule has 0 amide bonds. The Labute approximate surface area is 180 Å². The summed E-state index contributed by atoms with van der Waals surface area (Å²) in [5, 5.41) is 10.3. The van der Waals surface area contributed by atoms with E-state index in [9.17, 15) is 8.42 Å². The molecule has 0 aliphatic heterocycles. The standard InChI is InChI=1S/C22H22N6O2S/c29-31(30,25-14-9-17-5-2-1-3-6-17)20-8-4-7-19(15-20)24-16-21-26-22(28-27-21)18-10-12-23-13-11-18/h1-8,10-13,15,24-25H,9,14,16H2,(H,26,27,28). The Kier molecular flexibility index (Phi) is 6.34. The number of hydrogen-bond donors (Lipinski definition) is 3. The second-order valence-corrected chi connectivity index (χ2v) is 8.62. The molecule has 0 aliphatic rings. The molecule has 9 heteroatoms. The molecule has 3 N–H and O–H groups in total. The molecule has 4 rings (SSSR count). The Balaban J connectivity index is 1.36. The average Bonchev–Trinajstić information content (AvgIpc) is 3.28. The highest BCUT2D eigenvalue weighted by atomic mass is 32.2. The lowest BCUT2D eigenvalue weighted by Crippen LogP contribution is -2.26. The molecule has 0 aliphatic carbocycles. The molecule has 0 unspecified atom stereocenters. The fraction of sp³-hybridized carbons (Fsp3) is 0.136. The fourth-order valence-electron chi connectivity index (χ4n) is 3.02. The van der Waals surface area contributed by atoms with Crippen LogP contribution in [0.4, 0.5) is 5.69 Å². The lowest BCUT2D eigenvalue weighted by atomic mass is 10.2. The zero-order valence-corrected chi connectivity index (χ0v) is 17.5. The number of nitrogens with zero attached hydrogens (tertiary/aromatic N) is 3. The first kappa shape index (κ1) is 20.7. The van der Waals surface area contributed by atoms with Crippen molar-refractivity contribution in [2.45, 2.75) is 17.9 Å². The number of aromatic nitrogens is 4. The van der Waals surface area contributed by atoms with E-state index in [1.165, 1.54) is 0 Å². The van der Waals surface area contributed by atoms with Gasteiger partial charge in [-0.15, -0.1) is 0 Å². The van der Waals surface area contributed by atoms with Crippen LogP contribution in [-0.4, -0.2) is 35.1 Å². The second-order valence-electron chi connectivity index (χ2n) is 6.86. The van der Waals surface area contributed by atoms with Crippen LogP contribution >= 0.6 is 0 Å². The van der Waals surface area contributed by atoms with Gasteiger partial charge in [-0.1, -0.05) is 36.4 Å². The van der Waals surface area contributed by atoms with Gasteiger partial charge >= 0.3 is 0 Å². The van der Waals surface area contributed by atoms with Crippen molar-refractivity contribution < 1.29 is 8.42 Å². The molecule has 2 aromatic carbocycles. The van der Waals surface area contributed by atoms with E-state index in [-0.39, 0.29) is 4.90 Å². The number of nitrogens with one attached hydrogen (secondary N) is 3. The summed E-state index contributed by atoms with van der Waals surface area (Å²) in [6, 6.07) is 20.1. The van der Waals surface area contributed by atoms with Crippen molar-refractivity contribution in [3.05, 3.63) is 90.5 Å². The minimum absolute atomic E-state index is 0.209. The van der Waals surface area contributed by atoms with Gasteiger partial charge in [0.1, 0.15) is 5.82 Å². The van der Waals surface area contributed by atoms with E-state index in [0.29, 0.717) is 36.8 Å². The maximum Gasteiger partial charge on any atom is 0.240 e. The minimum atomic E-state index is -3.60. The molecule has 0 radical (unpaired) electrons. The normalized spacial score (nSPS) is 11.4. The fourth-order valence-corrected chi connectivity index (χ4v) is 4.10. The van der Waals surface area contributed by atoms with Gasteiger partial charge in [-0.2, -0.15) is 5.10 Å². The van der Waals surface area contributed by atoms with E-state index in [0.717, 1.165) is 11.1 Å². The van der Waals surface area contributed by atoms with Crippen LogP contribution in [-0.2, 0) is 23.0 Å². The lowest BCUT2D eigenvalue weighted by Gasteiger charge is -2.09. The monoisotopic (exact) mass is 434 g/mol. The smallest absolute Gasteiger partial charge is 0.240 e. The molecule has 2 heterocycles. The predicted octanol–water partition coefficient (Wildman–Crippen LogP) is 3.00. The van der Waals surface area contributed by atoms with Crippen molar-refractivity contribution in [3.8, 4) is 11.4 Å². The van der Waals surface area contributed by atoms with Gasteiger partial charge in [-0.3, -0.25) is 10.1 Å². The van der Waals surface area contributed by atoms with Crippen LogP contribution < -0.4 is 10.0 Å². The molecule has 31 heavy (non-hydrogen) atoms. The van der Waals surface area contributed by atoms with Crippen molar-refractivity contribution in [1.29, 1.82) is 0 Å². The first-order chi connectivity index (χ1) is 15.1. The van der Waals surface area contributed by atoms with Gasteiger partial charge in [0, 0.05) is 30.2 Å². The van der Waals surface area contributed by atoms with Gasteiger partial charge in [0.25, 0.3) is 0 Å². The van der Waals surface area contributed by atoms with Gasteiger partial charge in [-0.25, -0.2) is 18.1 Å². The van der Waals surface area contributed by atoms with Crippen LogP contribution in [0, 0.1) is 0 Å². The lowest BCUT2D eigenvalue weighted by molar-refractivity contribution is 0.581. The maximum absolute atomic E-state index is 12.6. The van der Waals surface area contributed by atoms with Gasteiger partial charge in [0.15, 0.2) is 5.82 Å². The third kappa shape index (κ3) is 5.53. The van der Waals surface area contributed by atoms with Crippen molar-refractivity contribution in [2.24, 2.45) is 0 Å². The highest BCUT2D eigenvalue weighted by Crippen LogP contribution is 2.17. The number of sulfonamides is 1. The van der Waals surface area contributed by atoms with Gasteiger partial charge in [0.2, 0.25) is 10.0 Å². The van der Waals surface area contributed by atoms with E-state index in [1.807, 2.05) is 48.5 Å². The summed E-state index contributed by atoms with van der Waals surface area (Å²) >= 11 is 0. The van der Waals surface area contributed by atoms with Crippen LogP contribution in [0.5, 0.6) is 0 Å². The number of hydrogen-bond acceptors (Lipinski definition) is 6. The average molecular weight is 435 g/mol. The van der Waals surface area contributed by atoms with Crippen molar-refractivity contribution >= 4 is 15.7 Å². The molecule has 4 aromatic rings. The van der Waals surface area contributed by atoms with E-state index in [4.69, 9.17) is 0 Å². The van der Waals surface area contributed by atoms with Crippen LogP contribution in [0.3, 0.4) is 0 Å². The second kappa shape index (κ2) is 9.50. The zero-order chi connectivity index (χ0) is 21.5. The molecule has 158 valence electrons. The minimum Gasteiger partial charge on any atom is -0.378 e. The quantitative estimate of drug-likeness (QED) is 0.373. The Morgan fingerprint density at radius 1 is 0.935 bits per heavy atom. The van der Waals surface area contributed by atoms with Gasteiger partial charge in [0.05, 0.1) is 11.4 Å². The number of H-pyrrole nitrogens is 1. The molecule has 0 saturated carbocycles. The highest BCUT2D eigenvalue weighted by molar-refractivity contribution is 7.89. The van der Waals surface area contributed by atoms with Gasteiger partial charge < -0.3 is 5.32 Å². The topological polar surface area (TPSA) is 113 Å². The maximum atomic E-state index is 12.6. The van der Waals surface area contributed by atoms with E-state index < -0.39 is 10.0 Å². The summed E-state index contributed by atoms with van der Waals surface area (Å²) in [4.78, 5) is 8.64. The first-order valence-corrected chi connectivity index (χ1v) is 11.3. The highest BCUT2D eigenvalue weighted by Gasteiger charge is 2.14. The van der Waals surface area contributed by atoms with Gasteiger partial charge in [-0.05, 0) is 42.3 Å². The van der Waals surface area contributed by atoms with Crippen molar-refractivity contribution in [2.75, 3.05) is 11.9 Å². The molecule has 0 bridgehead atoms. The summed E-state index contributed by atoms with van der Waals surface area (Å²) in [6.45, 7) is 0.711. The number of anilines is 1. The largest absolute Gasteiger partial charge is 0.378 e. The molecule has 0 atom stereocenters. The Morgan fingerprint density at radius 3 is 2.55 bits per heavy atom. The Hall–Kier alpha value is -3.56. The number of benzene rings is 2. The third-order valence-corrected chi connectivity index (χ3v) is 6.08. The third-order valence-electron chi connectivity index (χ3n) is 4.62. The number of pyridine rings is 1. The first-order valence-electron chi connectivity index (χ1n) is 9.79. The summed E-state index contributed by atoms with van der Waals surface area (Å²) in [6.07, 6.45) is 4.00. The zero-order valence-electron chi connectivity index (χ0n) is 16.7. The SMILES string of the molecule is O=S(=O)(NCCc1ccccc1)c1cccc(NCc2nc(-c3ccncc3)n[nH]2)c1. The van der Waals surface area contributed by atoms with Crippen molar-refractivity contribution in [3.63, 3.8) is 0 Å². The predicted molar refractivity (Wildman–Crippen MR) is 119 cm³/mol. The Bertz CT molecular complexity index is 1230. The molecule has 0 spiro atoms. The molecule has 0 fully saturated rings. The van der Waals surface area contributed by atoms with E-state index >= 15 is 0 Å². The van der Waals surface area contributed by atoms with Crippen LogP contribution in [0.15, 0.2) is 84.0 Å².